The largest absolute Gasteiger partial charge is 0.452 e. The summed E-state index contributed by atoms with van der Waals surface area (Å²) in [4.78, 5) is 0. The van der Waals surface area contributed by atoms with Gasteiger partial charge in [0, 0.05) is 0 Å². The molecule has 2 nitrogen and oxygen atoms in total. The van der Waals surface area contributed by atoms with E-state index in [1.165, 1.54) is 25.7 Å². The Morgan fingerprint density at radius 2 is 2.20 bits per heavy atom. The first-order valence-electron chi connectivity index (χ1n) is 5.40. The fraction of sp³-hybridized carbons (Fsp3) is 0.636. The molecule has 0 bridgehead atoms. The van der Waals surface area contributed by atoms with Gasteiger partial charge < -0.3 is 9.73 Å². The zero-order valence-corrected chi connectivity index (χ0v) is 11.7. The van der Waals surface area contributed by atoms with Crippen molar-refractivity contribution < 1.29 is 4.42 Å². The average molecular weight is 337 g/mol. The van der Waals surface area contributed by atoms with Gasteiger partial charge in [0.25, 0.3) is 0 Å². The van der Waals surface area contributed by atoms with Crippen LogP contribution < -0.4 is 5.32 Å². The van der Waals surface area contributed by atoms with Gasteiger partial charge in [-0.15, -0.1) is 0 Å². The van der Waals surface area contributed by atoms with Crippen molar-refractivity contribution in [2.45, 2.75) is 32.2 Å². The molecular weight excluding hydrogens is 322 g/mol. The monoisotopic (exact) mass is 335 g/mol. The number of furan rings is 1. The van der Waals surface area contributed by atoms with Gasteiger partial charge in [0.05, 0.1) is 11.0 Å². The minimum absolute atomic E-state index is 0.776. The number of hydrogen-bond donors (Lipinski definition) is 1. The van der Waals surface area contributed by atoms with Crippen molar-refractivity contribution in [3.05, 3.63) is 21.0 Å². The maximum absolute atomic E-state index is 5.47. The van der Waals surface area contributed by atoms with Crippen LogP contribution in [-0.4, -0.2) is 6.54 Å². The van der Waals surface area contributed by atoms with E-state index in [1.807, 2.05) is 6.07 Å². The van der Waals surface area contributed by atoms with E-state index in [0.717, 1.165) is 33.9 Å². The van der Waals surface area contributed by atoms with Crippen LogP contribution in [0.3, 0.4) is 0 Å². The van der Waals surface area contributed by atoms with E-state index in [4.69, 9.17) is 4.42 Å². The van der Waals surface area contributed by atoms with Gasteiger partial charge in [-0.25, -0.2) is 0 Å². The van der Waals surface area contributed by atoms with Gasteiger partial charge in [-0.1, -0.05) is 19.3 Å². The molecule has 0 radical (unpaired) electrons. The van der Waals surface area contributed by atoms with Crippen LogP contribution in [0.5, 0.6) is 0 Å². The summed E-state index contributed by atoms with van der Waals surface area (Å²) < 4.78 is 7.23. The van der Waals surface area contributed by atoms with Crippen molar-refractivity contribution in [3.63, 3.8) is 0 Å². The van der Waals surface area contributed by atoms with Crippen LogP contribution in [0.2, 0.25) is 0 Å². The number of halogens is 2. The number of rotatable bonds is 5. The molecule has 1 aliphatic carbocycles. The van der Waals surface area contributed by atoms with E-state index in [2.05, 4.69) is 37.2 Å². The van der Waals surface area contributed by atoms with Crippen LogP contribution in [-0.2, 0) is 6.54 Å². The lowest BCUT2D eigenvalue weighted by Gasteiger charge is -2.25. The molecule has 0 saturated heterocycles. The van der Waals surface area contributed by atoms with Crippen molar-refractivity contribution in [2.24, 2.45) is 5.92 Å². The lowest BCUT2D eigenvalue weighted by molar-refractivity contribution is 0.290. The highest BCUT2D eigenvalue weighted by atomic mass is 79.9. The first-order chi connectivity index (χ1) is 7.25. The lowest BCUT2D eigenvalue weighted by atomic mass is 9.83. The quantitative estimate of drug-likeness (QED) is 0.819. The molecule has 0 unspecified atom stereocenters. The second-order valence-electron chi connectivity index (χ2n) is 4.10. The van der Waals surface area contributed by atoms with E-state index >= 15 is 0 Å². The van der Waals surface area contributed by atoms with E-state index in [9.17, 15) is 0 Å². The molecule has 0 spiro atoms. The van der Waals surface area contributed by atoms with Crippen molar-refractivity contribution in [2.75, 3.05) is 6.54 Å². The molecule has 1 saturated carbocycles. The van der Waals surface area contributed by atoms with Crippen LogP contribution >= 0.6 is 31.9 Å². The first-order valence-corrected chi connectivity index (χ1v) is 6.98. The van der Waals surface area contributed by atoms with Gasteiger partial charge in [0.2, 0.25) is 0 Å². The van der Waals surface area contributed by atoms with Gasteiger partial charge in [0.15, 0.2) is 4.67 Å². The van der Waals surface area contributed by atoms with E-state index in [1.54, 1.807) is 0 Å². The zero-order valence-electron chi connectivity index (χ0n) is 8.56. The molecular formula is C11H15Br2NO. The van der Waals surface area contributed by atoms with Crippen molar-refractivity contribution in [1.29, 1.82) is 0 Å². The number of hydrogen-bond acceptors (Lipinski definition) is 2. The highest BCUT2D eigenvalue weighted by Crippen LogP contribution is 2.29. The second kappa shape index (κ2) is 5.51. The van der Waals surface area contributed by atoms with Gasteiger partial charge >= 0.3 is 0 Å². The summed E-state index contributed by atoms with van der Waals surface area (Å²) in [7, 11) is 0. The van der Waals surface area contributed by atoms with Crippen LogP contribution in [0, 0.1) is 5.92 Å². The third-order valence-corrected chi connectivity index (χ3v) is 4.66. The van der Waals surface area contributed by atoms with E-state index in [0.29, 0.717) is 0 Å². The van der Waals surface area contributed by atoms with Crippen LogP contribution in [0.1, 0.15) is 31.4 Å². The highest BCUT2D eigenvalue weighted by Gasteiger charge is 2.16. The Morgan fingerprint density at radius 1 is 1.40 bits per heavy atom. The summed E-state index contributed by atoms with van der Waals surface area (Å²) in [5.74, 6) is 1.95. The van der Waals surface area contributed by atoms with E-state index in [-0.39, 0.29) is 0 Å². The molecule has 2 rings (SSSR count). The molecule has 1 fully saturated rings. The third kappa shape index (κ3) is 3.33. The SMILES string of the molecule is Brc1cc(CNCCC2CCC2)oc1Br. The Hall–Kier alpha value is 0.200. The molecule has 15 heavy (non-hydrogen) atoms. The third-order valence-electron chi connectivity index (χ3n) is 2.95. The summed E-state index contributed by atoms with van der Waals surface area (Å²) in [5, 5.41) is 3.41. The Morgan fingerprint density at radius 3 is 2.73 bits per heavy atom. The predicted molar refractivity (Wildman–Crippen MR) is 67.8 cm³/mol. The van der Waals surface area contributed by atoms with Crippen molar-refractivity contribution >= 4 is 31.9 Å². The van der Waals surface area contributed by atoms with Gasteiger partial charge in [-0.3, -0.25) is 0 Å². The molecule has 1 aromatic rings. The molecule has 0 atom stereocenters. The topological polar surface area (TPSA) is 25.2 Å². The lowest BCUT2D eigenvalue weighted by Crippen LogP contribution is -2.20. The van der Waals surface area contributed by atoms with Crippen molar-refractivity contribution in [3.8, 4) is 0 Å². The Labute approximate surface area is 107 Å². The minimum Gasteiger partial charge on any atom is -0.452 e. The summed E-state index contributed by atoms with van der Waals surface area (Å²) >= 11 is 6.73. The molecule has 1 heterocycles. The molecule has 1 aromatic heterocycles. The van der Waals surface area contributed by atoms with Gasteiger partial charge in [-0.05, 0) is 56.8 Å². The fourth-order valence-corrected chi connectivity index (χ4v) is 2.44. The zero-order chi connectivity index (χ0) is 10.7. The Bertz CT molecular complexity index is 301. The molecule has 1 N–H and O–H groups in total. The Balaban J connectivity index is 1.64. The average Bonchev–Trinajstić information content (AvgIpc) is 2.43. The summed E-state index contributed by atoms with van der Waals surface area (Å²) in [5.41, 5.74) is 0. The van der Waals surface area contributed by atoms with Crippen LogP contribution in [0.25, 0.3) is 0 Å². The second-order valence-corrected chi connectivity index (χ2v) is 5.67. The fourth-order valence-electron chi connectivity index (χ4n) is 1.78. The molecule has 1 aliphatic rings. The van der Waals surface area contributed by atoms with Gasteiger partial charge in [0.1, 0.15) is 5.76 Å². The summed E-state index contributed by atoms with van der Waals surface area (Å²) in [6, 6.07) is 2.00. The standard InChI is InChI=1S/C11H15Br2NO/c12-10-6-9(15-11(10)13)7-14-5-4-8-2-1-3-8/h6,8,14H,1-5,7H2. The van der Waals surface area contributed by atoms with E-state index < -0.39 is 0 Å². The molecule has 0 aromatic carbocycles. The van der Waals surface area contributed by atoms with Gasteiger partial charge in [-0.2, -0.15) is 0 Å². The predicted octanol–water partition coefficient (Wildman–Crippen LogP) is 4.08. The molecule has 4 heteroatoms. The summed E-state index contributed by atoms with van der Waals surface area (Å²) in [6.45, 7) is 1.91. The highest BCUT2D eigenvalue weighted by molar-refractivity contribution is 9.13. The molecule has 0 aliphatic heterocycles. The smallest absolute Gasteiger partial charge is 0.183 e. The first kappa shape index (κ1) is 11.7. The van der Waals surface area contributed by atoms with Crippen LogP contribution in [0.15, 0.2) is 19.6 Å². The maximum Gasteiger partial charge on any atom is 0.183 e. The van der Waals surface area contributed by atoms with Crippen LogP contribution in [0.4, 0.5) is 0 Å². The number of nitrogens with one attached hydrogen (secondary N) is 1. The maximum atomic E-state index is 5.47. The molecule has 0 amide bonds. The minimum atomic E-state index is 0.776. The molecule has 84 valence electrons. The van der Waals surface area contributed by atoms with Crippen molar-refractivity contribution in [1.82, 2.24) is 5.32 Å². The Kier molecular flexibility index (Phi) is 4.29. The summed E-state index contributed by atoms with van der Waals surface area (Å²) in [6.07, 6.45) is 5.60. The normalized spacial score (nSPS) is 16.7.